The smallest absolute Gasteiger partial charge is 0.272 e. The highest BCUT2D eigenvalue weighted by atomic mass is 19.1. The Kier molecular flexibility index (Phi) is 3.92. The topological polar surface area (TPSA) is 115 Å². The molecule has 0 spiro atoms. The van der Waals surface area contributed by atoms with Gasteiger partial charge < -0.3 is 11.1 Å². The van der Waals surface area contributed by atoms with Gasteiger partial charge in [-0.3, -0.25) is 9.48 Å². The van der Waals surface area contributed by atoms with E-state index >= 15 is 0 Å². The minimum Gasteiger partial charge on any atom is -0.376 e. The minimum absolute atomic E-state index is 0.251. The number of halogens is 1. The lowest BCUT2D eigenvalue weighted by atomic mass is 9.83. The third-order valence-corrected chi connectivity index (χ3v) is 5.42. The first-order valence-corrected chi connectivity index (χ1v) is 9.18. The van der Waals surface area contributed by atoms with Crippen LogP contribution < -0.4 is 16.6 Å². The first-order chi connectivity index (χ1) is 14.1. The highest BCUT2D eigenvalue weighted by Crippen LogP contribution is 2.45. The molecule has 0 aliphatic carbocycles. The zero-order valence-corrected chi connectivity index (χ0v) is 15.6. The van der Waals surface area contributed by atoms with Gasteiger partial charge >= 0.3 is 0 Å². The predicted octanol–water partition coefficient (Wildman–Crippen LogP) is 1.95. The molecule has 0 bridgehead atoms. The molecule has 2 aromatic carbocycles. The van der Waals surface area contributed by atoms with Crippen molar-refractivity contribution in [3.8, 4) is 0 Å². The Balaban J connectivity index is 1.79. The van der Waals surface area contributed by atoms with E-state index in [4.69, 9.17) is 5.73 Å². The normalized spacial score (nSPS) is 18.0. The first-order valence-electron chi connectivity index (χ1n) is 9.18. The summed E-state index contributed by atoms with van der Waals surface area (Å²) < 4.78 is 15.9. The van der Waals surface area contributed by atoms with Crippen LogP contribution in [0.4, 0.5) is 10.1 Å². The number of aryl methyl sites for hydroxylation is 1. The Morgan fingerprint density at radius 1 is 1.24 bits per heavy atom. The number of rotatable bonds is 3. The SMILES string of the molecule is Cn1ncnc1[C@H]1c2n[nH]c(=O)c3cc(F)cc(c23)N[C@@H]1c1ccc(CN)cc1. The molecule has 0 radical (unpaired) electrons. The molecule has 0 fully saturated rings. The van der Waals surface area contributed by atoms with Crippen LogP contribution in [0.3, 0.4) is 0 Å². The molecule has 5 rings (SSSR count). The summed E-state index contributed by atoms with van der Waals surface area (Å²) >= 11 is 0. The van der Waals surface area contributed by atoms with E-state index < -0.39 is 11.4 Å². The molecule has 146 valence electrons. The largest absolute Gasteiger partial charge is 0.376 e. The fourth-order valence-corrected chi connectivity index (χ4v) is 4.03. The number of hydrogen-bond acceptors (Lipinski definition) is 6. The maximum atomic E-state index is 14.2. The number of benzene rings is 2. The van der Waals surface area contributed by atoms with E-state index in [0.29, 0.717) is 29.1 Å². The fourth-order valence-electron chi connectivity index (χ4n) is 4.03. The molecule has 29 heavy (non-hydrogen) atoms. The summed E-state index contributed by atoms with van der Waals surface area (Å²) in [7, 11) is 1.81. The first kappa shape index (κ1) is 17.5. The van der Waals surface area contributed by atoms with Crippen LogP contribution in [0.1, 0.15) is 34.6 Å². The molecule has 1 aliphatic rings. The Morgan fingerprint density at radius 3 is 2.72 bits per heavy atom. The maximum absolute atomic E-state index is 14.2. The van der Waals surface area contributed by atoms with E-state index in [1.807, 2.05) is 24.3 Å². The van der Waals surface area contributed by atoms with Crippen molar-refractivity contribution < 1.29 is 4.39 Å². The van der Waals surface area contributed by atoms with E-state index in [2.05, 4.69) is 25.6 Å². The van der Waals surface area contributed by atoms with Gasteiger partial charge in [0.05, 0.1) is 23.0 Å². The minimum atomic E-state index is -0.489. The summed E-state index contributed by atoms with van der Waals surface area (Å²) in [5.74, 6) is -0.151. The van der Waals surface area contributed by atoms with Gasteiger partial charge in [-0.1, -0.05) is 24.3 Å². The van der Waals surface area contributed by atoms with Crippen LogP contribution in [0, 0.1) is 5.82 Å². The third kappa shape index (κ3) is 2.70. The summed E-state index contributed by atoms with van der Waals surface area (Å²) in [6.07, 6.45) is 1.48. The molecule has 2 atom stereocenters. The van der Waals surface area contributed by atoms with Gasteiger partial charge in [0.15, 0.2) is 0 Å². The van der Waals surface area contributed by atoms with Crippen LogP contribution >= 0.6 is 0 Å². The van der Waals surface area contributed by atoms with E-state index in [1.54, 1.807) is 11.7 Å². The predicted molar refractivity (Wildman–Crippen MR) is 106 cm³/mol. The van der Waals surface area contributed by atoms with Gasteiger partial charge in [-0.25, -0.2) is 14.5 Å². The van der Waals surface area contributed by atoms with E-state index in [-0.39, 0.29) is 17.3 Å². The van der Waals surface area contributed by atoms with Crippen molar-refractivity contribution in [2.45, 2.75) is 18.5 Å². The van der Waals surface area contributed by atoms with E-state index in [0.717, 1.165) is 11.1 Å². The van der Waals surface area contributed by atoms with Crippen molar-refractivity contribution >= 4 is 16.5 Å². The highest BCUT2D eigenvalue weighted by molar-refractivity contribution is 5.97. The van der Waals surface area contributed by atoms with Gasteiger partial charge in [-0.05, 0) is 23.3 Å². The Hall–Kier alpha value is -3.59. The van der Waals surface area contributed by atoms with Gasteiger partial charge in [0, 0.05) is 24.7 Å². The van der Waals surface area contributed by atoms with Crippen LogP contribution in [0.2, 0.25) is 0 Å². The Labute approximate surface area is 164 Å². The van der Waals surface area contributed by atoms with Crippen molar-refractivity contribution in [2.24, 2.45) is 12.8 Å². The van der Waals surface area contributed by atoms with Crippen LogP contribution in [0.15, 0.2) is 47.5 Å². The highest BCUT2D eigenvalue weighted by Gasteiger charge is 2.37. The fraction of sp³-hybridized carbons (Fsp3) is 0.200. The summed E-state index contributed by atoms with van der Waals surface area (Å²) in [6, 6.07) is 10.2. The molecule has 2 aromatic heterocycles. The molecule has 8 nitrogen and oxygen atoms in total. The number of nitrogens with two attached hydrogens (primary N) is 1. The Morgan fingerprint density at radius 2 is 2.03 bits per heavy atom. The molecule has 4 aromatic rings. The van der Waals surface area contributed by atoms with Crippen molar-refractivity contribution in [1.82, 2.24) is 25.0 Å². The van der Waals surface area contributed by atoms with Crippen LogP contribution in [-0.2, 0) is 13.6 Å². The molecule has 1 aliphatic heterocycles. The maximum Gasteiger partial charge on any atom is 0.272 e. The summed E-state index contributed by atoms with van der Waals surface area (Å²) in [5.41, 5.74) is 8.41. The average Bonchev–Trinajstić information content (AvgIpc) is 3.15. The monoisotopic (exact) mass is 391 g/mol. The number of nitrogens with one attached hydrogen (secondary N) is 2. The van der Waals surface area contributed by atoms with Gasteiger partial charge in [0.1, 0.15) is 18.0 Å². The number of hydrogen-bond donors (Lipinski definition) is 3. The van der Waals surface area contributed by atoms with Gasteiger partial charge in [0.2, 0.25) is 0 Å². The number of H-pyrrole nitrogens is 1. The molecule has 9 heteroatoms. The number of aromatic amines is 1. The Bertz CT molecular complexity index is 1280. The number of nitrogens with zero attached hydrogens (tertiary/aromatic N) is 4. The van der Waals surface area contributed by atoms with Gasteiger partial charge in [0.25, 0.3) is 5.56 Å². The zero-order valence-electron chi connectivity index (χ0n) is 15.6. The standard InChI is InChI=1S/C20H18FN7O/c1-28-19(23-9-24-28)16-17(11-4-2-10(8-22)3-5-11)25-14-7-12(21)6-13-15(14)18(16)26-27-20(13)29/h2-7,9,16-17,25H,8,22H2,1H3,(H,27,29)/t16-,17-/m1/s1. The zero-order chi connectivity index (χ0) is 20.1. The molecular formula is C20H18FN7O. The lowest BCUT2D eigenvalue weighted by molar-refractivity contribution is 0.564. The molecule has 0 saturated carbocycles. The second-order valence-electron chi connectivity index (χ2n) is 7.10. The second kappa shape index (κ2) is 6.49. The number of anilines is 1. The van der Waals surface area contributed by atoms with E-state index in [9.17, 15) is 9.18 Å². The van der Waals surface area contributed by atoms with Crippen molar-refractivity contribution in [3.63, 3.8) is 0 Å². The summed E-state index contributed by atoms with van der Waals surface area (Å²) in [6.45, 7) is 0.446. The second-order valence-corrected chi connectivity index (χ2v) is 7.10. The van der Waals surface area contributed by atoms with Gasteiger partial charge in [-0.2, -0.15) is 10.2 Å². The molecule has 0 saturated heterocycles. The lowest BCUT2D eigenvalue weighted by Gasteiger charge is -2.33. The molecular weight excluding hydrogens is 373 g/mol. The van der Waals surface area contributed by atoms with Crippen molar-refractivity contribution in [3.05, 3.63) is 81.5 Å². The molecule has 0 amide bonds. The molecule has 3 heterocycles. The summed E-state index contributed by atoms with van der Waals surface area (Å²) in [4.78, 5) is 16.7. The van der Waals surface area contributed by atoms with Crippen molar-refractivity contribution in [2.75, 3.05) is 5.32 Å². The average molecular weight is 391 g/mol. The molecule has 0 unspecified atom stereocenters. The van der Waals surface area contributed by atoms with Crippen LogP contribution in [0.25, 0.3) is 10.8 Å². The number of aromatic nitrogens is 5. The van der Waals surface area contributed by atoms with Crippen LogP contribution in [-0.4, -0.2) is 25.0 Å². The van der Waals surface area contributed by atoms with Crippen molar-refractivity contribution in [1.29, 1.82) is 0 Å². The van der Waals surface area contributed by atoms with Crippen LogP contribution in [0.5, 0.6) is 0 Å². The van der Waals surface area contributed by atoms with Gasteiger partial charge in [-0.15, -0.1) is 0 Å². The van der Waals surface area contributed by atoms with E-state index in [1.165, 1.54) is 18.5 Å². The quantitative estimate of drug-likeness (QED) is 0.492. The molecule has 4 N–H and O–H groups in total. The summed E-state index contributed by atoms with van der Waals surface area (Å²) in [5, 5.41) is 15.3. The lowest BCUT2D eigenvalue weighted by Crippen LogP contribution is -2.30. The third-order valence-electron chi connectivity index (χ3n) is 5.42.